The highest BCUT2D eigenvalue weighted by molar-refractivity contribution is 8.00. The van der Waals surface area contributed by atoms with E-state index in [2.05, 4.69) is 10.3 Å². The quantitative estimate of drug-likeness (QED) is 0.782. The molecule has 2 rings (SSSR count). The first kappa shape index (κ1) is 10.3. The number of carboxylic acids is 1. The standard InChI is InChI=1S/C8H5ClN2O3S/c9-3-1-4-7(10-5(12)2-15-4)11-6(3)8(13)14/h1H,2H2,(H,13,14)(H,10,11,12). The zero-order valence-corrected chi connectivity index (χ0v) is 8.85. The van der Waals surface area contributed by atoms with E-state index in [1.165, 1.54) is 17.8 Å². The normalized spacial score (nSPS) is 14.3. The lowest BCUT2D eigenvalue weighted by molar-refractivity contribution is -0.113. The van der Waals surface area contributed by atoms with Gasteiger partial charge in [0.15, 0.2) is 5.69 Å². The minimum Gasteiger partial charge on any atom is -0.476 e. The van der Waals surface area contributed by atoms with Crippen molar-refractivity contribution in [1.82, 2.24) is 4.98 Å². The summed E-state index contributed by atoms with van der Waals surface area (Å²) in [5, 5.41) is 11.3. The molecule has 78 valence electrons. The van der Waals surface area contributed by atoms with Gasteiger partial charge in [-0.1, -0.05) is 11.6 Å². The predicted octanol–water partition coefficient (Wildman–Crippen LogP) is 1.48. The summed E-state index contributed by atoms with van der Waals surface area (Å²) in [5.41, 5.74) is -0.252. The van der Waals surface area contributed by atoms with Crippen LogP contribution in [-0.2, 0) is 4.79 Å². The van der Waals surface area contributed by atoms with Crippen LogP contribution in [0, 0.1) is 0 Å². The smallest absolute Gasteiger partial charge is 0.356 e. The van der Waals surface area contributed by atoms with Crippen molar-refractivity contribution in [2.75, 3.05) is 11.1 Å². The zero-order chi connectivity index (χ0) is 11.0. The van der Waals surface area contributed by atoms with Crippen molar-refractivity contribution in [1.29, 1.82) is 0 Å². The number of anilines is 1. The molecule has 1 amide bonds. The number of nitrogens with one attached hydrogen (secondary N) is 1. The van der Waals surface area contributed by atoms with Crippen LogP contribution in [0.4, 0.5) is 5.82 Å². The lowest BCUT2D eigenvalue weighted by Crippen LogP contribution is -2.20. The van der Waals surface area contributed by atoms with Gasteiger partial charge < -0.3 is 10.4 Å². The van der Waals surface area contributed by atoms with Gasteiger partial charge in [0.1, 0.15) is 5.82 Å². The lowest BCUT2D eigenvalue weighted by Gasteiger charge is -2.15. The molecule has 0 atom stereocenters. The molecule has 0 radical (unpaired) electrons. The van der Waals surface area contributed by atoms with E-state index in [0.717, 1.165) is 0 Å². The minimum absolute atomic E-state index is 0.0740. The van der Waals surface area contributed by atoms with Crippen molar-refractivity contribution in [3.63, 3.8) is 0 Å². The molecule has 5 nitrogen and oxygen atoms in total. The number of aromatic carboxylic acids is 1. The first-order valence-electron chi connectivity index (χ1n) is 3.94. The molecule has 7 heteroatoms. The van der Waals surface area contributed by atoms with Crippen LogP contribution < -0.4 is 5.32 Å². The van der Waals surface area contributed by atoms with Gasteiger partial charge in [-0.2, -0.15) is 0 Å². The van der Waals surface area contributed by atoms with Crippen LogP contribution in [0.5, 0.6) is 0 Å². The number of carboxylic acid groups (broad SMARTS) is 1. The molecule has 1 aliphatic heterocycles. The topological polar surface area (TPSA) is 79.3 Å². The molecular weight excluding hydrogens is 240 g/mol. The molecular formula is C8H5ClN2O3S. The number of amides is 1. The van der Waals surface area contributed by atoms with Crippen molar-refractivity contribution in [3.8, 4) is 0 Å². The first-order chi connectivity index (χ1) is 7.08. The van der Waals surface area contributed by atoms with Gasteiger partial charge in [0.25, 0.3) is 0 Å². The lowest BCUT2D eigenvalue weighted by atomic mass is 10.3. The van der Waals surface area contributed by atoms with E-state index >= 15 is 0 Å². The van der Waals surface area contributed by atoms with E-state index in [9.17, 15) is 9.59 Å². The SMILES string of the molecule is O=C1CSc2cc(Cl)c(C(=O)O)nc2N1. The Morgan fingerprint density at radius 1 is 1.67 bits per heavy atom. The summed E-state index contributed by atoms with van der Waals surface area (Å²) < 4.78 is 0. The summed E-state index contributed by atoms with van der Waals surface area (Å²) in [7, 11) is 0. The van der Waals surface area contributed by atoms with Crippen molar-refractivity contribution in [2.24, 2.45) is 0 Å². The summed E-state index contributed by atoms with van der Waals surface area (Å²) in [6, 6.07) is 1.50. The van der Waals surface area contributed by atoms with E-state index in [4.69, 9.17) is 16.7 Å². The maximum absolute atomic E-state index is 11.0. The number of rotatable bonds is 1. The van der Waals surface area contributed by atoms with Gasteiger partial charge in [-0.15, -0.1) is 11.8 Å². The molecule has 0 aliphatic carbocycles. The molecule has 0 spiro atoms. The van der Waals surface area contributed by atoms with Gasteiger partial charge in [0, 0.05) is 0 Å². The van der Waals surface area contributed by atoms with E-state index in [0.29, 0.717) is 4.90 Å². The number of fused-ring (bicyclic) bond motifs is 1. The Kier molecular flexibility index (Phi) is 2.54. The van der Waals surface area contributed by atoms with Crippen molar-refractivity contribution >= 4 is 41.1 Å². The highest BCUT2D eigenvalue weighted by atomic mass is 35.5. The average molecular weight is 245 g/mol. The second-order valence-corrected chi connectivity index (χ2v) is 4.23. The minimum atomic E-state index is -1.22. The van der Waals surface area contributed by atoms with Crippen LogP contribution in [0.1, 0.15) is 10.5 Å². The molecule has 0 saturated heterocycles. The van der Waals surface area contributed by atoms with E-state index in [-0.39, 0.29) is 28.2 Å². The summed E-state index contributed by atoms with van der Waals surface area (Å²) in [6.45, 7) is 0. The van der Waals surface area contributed by atoms with Crippen LogP contribution in [0.15, 0.2) is 11.0 Å². The molecule has 1 aromatic rings. The molecule has 0 bridgehead atoms. The number of hydrogen-bond donors (Lipinski definition) is 2. The highest BCUT2D eigenvalue weighted by Crippen LogP contribution is 2.33. The van der Waals surface area contributed by atoms with Gasteiger partial charge in [-0.25, -0.2) is 9.78 Å². The van der Waals surface area contributed by atoms with Crippen LogP contribution in [0.2, 0.25) is 5.02 Å². The molecule has 1 aliphatic rings. The van der Waals surface area contributed by atoms with Crippen molar-refractivity contribution in [3.05, 3.63) is 16.8 Å². The molecule has 1 aromatic heterocycles. The van der Waals surface area contributed by atoms with Gasteiger partial charge in [0.2, 0.25) is 5.91 Å². The second-order valence-electron chi connectivity index (χ2n) is 2.81. The number of nitrogens with zero attached hydrogens (tertiary/aromatic N) is 1. The Balaban J connectivity index is 2.51. The molecule has 2 N–H and O–H groups in total. The van der Waals surface area contributed by atoms with Crippen molar-refractivity contribution in [2.45, 2.75) is 4.90 Å². The van der Waals surface area contributed by atoms with E-state index < -0.39 is 5.97 Å². The third-order valence-corrected chi connectivity index (χ3v) is 3.08. The third kappa shape index (κ3) is 1.91. The van der Waals surface area contributed by atoms with Gasteiger partial charge in [0.05, 0.1) is 15.7 Å². The fraction of sp³-hybridized carbons (Fsp3) is 0.125. The second kappa shape index (κ2) is 3.71. The summed E-state index contributed by atoms with van der Waals surface area (Å²) >= 11 is 7.00. The molecule has 0 unspecified atom stereocenters. The van der Waals surface area contributed by atoms with E-state index in [1.807, 2.05) is 0 Å². The average Bonchev–Trinajstić information content (AvgIpc) is 2.17. The van der Waals surface area contributed by atoms with Crippen LogP contribution in [0.25, 0.3) is 0 Å². The first-order valence-corrected chi connectivity index (χ1v) is 5.31. The zero-order valence-electron chi connectivity index (χ0n) is 7.28. The number of carbonyl (C=O) groups excluding carboxylic acids is 1. The number of aromatic nitrogens is 1. The summed E-state index contributed by atoms with van der Waals surface area (Å²) in [4.78, 5) is 26.2. The number of thioether (sulfide) groups is 1. The van der Waals surface area contributed by atoms with Crippen LogP contribution >= 0.6 is 23.4 Å². The molecule has 0 fully saturated rings. The van der Waals surface area contributed by atoms with Crippen LogP contribution in [0.3, 0.4) is 0 Å². The largest absolute Gasteiger partial charge is 0.476 e. The Labute approximate surface area is 93.8 Å². The Morgan fingerprint density at radius 3 is 3.07 bits per heavy atom. The summed E-state index contributed by atoms with van der Waals surface area (Å²) in [5.74, 6) is -0.860. The van der Waals surface area contributed by atoms with E-state index in [1.54, 1.807) is 0 Å². The number of pyridine rings is 1. The highest BCUT2D eigenvalue weighted by Gasteiger charge is 2.21. The predicted molar refractivity (Wildman–Crippen MR) is 55.6 cm³/mol. The van der Waals surface area contributed by atoms with Crippen molar-refractivity contribution < 1.29 is 14.7 Å². The molecule has 15 heavy (non-hydrogen) atoms. The Bertz CT molecular complexity index is 463. The Morgan fingerprint density at radius 2 is 2.40 bits per heavy atom. The summed E-state index contributed by atoms with van der Waals surface area (Å²) in [6.07, 6.45) is 0. The maximum Gasteiger partial charge on any atom is 0.356 e. The van der Waals surface area contributed by atoms with Gasteiger partial charge in [-0.05, 0) is 6.07 Å². The van der Waals surface area contributed by atoms with Crippen LogP contribution in [-0.4, -0.2) is 27.7 Å². The molecule has 0 aromatic carbocycles. The van der Waals surface area contributed by atoms with Gasteiger partial charge in [-0.3, -0.25) is 4.79 Å². The molecule has 0 saturated carbocycles. The fourth-order valence-electron chi connectivity index (χ4n) is 1.13. The fourth-order valence-corrected chi connectivity index (χ4v) is 2.22. The van der Waals surface area contributed by atoms with Gasteiger partial charge >= 0.3 is 5.97 Å². The number of carbonyl (C=O) groups is 2. The third-order valence-electron chi connectivity index (χ3n) is 1.76. The monoisotopic (exact) mass is 244 g/mol. The number of halogens is 1. The number of hydrogen-bond acceptors (Lipinski definition) is 4. The Hall–Kier alpha value is -1.27. The maximum atomic E-state index is 11.0. The molecule has 2 heterocycles.